The van der Waals surface area contributed by atoms with Gasteiger partial charge in [0.2, 0.25) is 0 Å². The van der Waals surface area contributed by atoms with E-state index in [1.54, 1.807) is 25.4 Å². The Balaban J connectivity index is 1.53. The molecule has 0 atom stereocenters. The summed E-state index contributed by atoms with van der Waals surface area (Å²) >= 11 is 0. The first-order valence-corrected chi connectivity index (χ1v) is 7.86. The van der Waals surface area contributed by atoms with Crippen LogP contribution in [-0.2, 0) is 18.1 Å². The molecule has 1 aromatic heterocycles. The van der Waals surface area contributed by atoms with Crippen LogP contribution in [0, 0.1) is 5.82 Å². The number of benzene rings is 2. The van der Waals surface area contributed by atoms with Crippen molar-refractivity contribution < 1.29 is 23.4 Å². The third-order valence-corrected chi connectivity index (χ3v) is 3.53. The van der Waals surface area contributed by atoms with Crippen LogP contribution in [-0.4, -0.2) is 22.9 Å². The van der Waals surface area contributed by atoms with Crippen LogP contribution in [0.25, 0.3) is 0 Å². The third kappa shape index (κ3) is 4.60. The Morgan fingerprint density at radius 2 is 1.92 bits per heavy atom. The van der Waals surface area contributed by atoms with Crippen molar-refractivity contribution in [3.05, 3.63) is 77.9 Å². The first-order chi connectivity index (χ1) is 12.6. The number of halogens is 1. The van der Waals surface area contributed by atoms with E-state index in [1.165, 1.54) is 28.9 Å². The Labute approximate surface area is 149 Å². The van der Waals surface area contributed by atoms with Crippen LogP contribution in [0.5, 0.6) is 11.5 Å². The van der Waals surface area contributed by atoms with Crippen LogP contribution in [0.15, 0.2) is 60.8 Å². The summed E-state index contributed by atoms with van der Waals surface area (Å²) in [6.07, 6.45) is 1.60. The molecule has 0 aliphatic carbocycles. The first-order valence-electron chi connectivity index (χ1n) is 7.86. The second kappa shape index (κ2) is 8.15. The number of carbonyl (C=O) groups excluding carboxylic acids is 1. The van der Waals surface area contributed by atoms with E-state index >= 15 is 0 Å². The summed E-state index contributed by atoms with van der Waals surface area (Å²) in [5.41, 5.74) is 0.993. The minimum atomic E-state index is -0.534. The Hall–Kier alpha value is -3.35. The minimum absolute atomic E-state index is 0.0921. The summed E-state index contributed by atoms with van der Waals surface area (Å²) in [4.78, 5) is 12.1. The number of esters is 1. The highest BCUT2D eigenvalue weighted by molar-refractivity contribution is 5.87. The largest absolute Gasteiger partial charge is 0.497 e. The molecule has 6 nitrogen and oxygen atoms in total. The molecule has 0 aliphatic heterocycles. The van der Waals surface area contributed by atoms with Crippen molar-refractivity contribution in [3.8, 4) is 11.5 Å². The van der Waals surface area contributed by atoms with Gasteiger partial charge < -0.3 is 14.2 Å². The Bertz CT molecular complexity index is 877. The van der Waals surface area contributed by atoms with E-state index in [9.17, 15) is 9.18 Å². The molecule has 3 rings (SSSR count). The van der Waals surface area contributed by atoms with E-state index in [1.807, 2.05) is 18.2 Å². The van der Waals surface area contributed by atoms with Crippen LogP contribution in [0.2, 0.25) is 0 Å². The van der Waals surface area contributed by atoms with Crippen molar-refractivity contribution in [2.24, 2.45) is 0 Å². The van der Waals surface area contributed by atoms with Crippen LogP contribution in [0.3, 0.4) is 0 Å². The van der Waals surface area contributed by atoms with Crippen LogP contribution in [0.4, 0.5) is 4.39 Å². The van der Waals surface area contributed by atoms with Crippen molar-refractivity contribution in [1.82, 2.24) is 9.78 Å². The lowest BCUT2D eigenvalue weighted by Gasteiger charge is -2.06. The second-order valence-electron chi connectivity index (χ2n) is 5.40. The predicted molar refractivity (Wildman–Crippen MR) is 91.4 cm³/mol. The number of carbonyl (C=O) groups is 1. The summed E-state index contributed by atoms with van der Waals surface area (Å²) in [7, 11) is 1.58. The van der Waals surface area contributed by atoms with Crippen molar-refractivity contribution in [1.29, 1.82) is 0 Å². The zero-order chi connectivity index (χ0) is 18.4. The highest BCUT2D eigenvalue weighted by atomic mass is 19.1. The average Bonchev–Trinajstić information content (AvgIpc) is 3.15. The molecule has 0 bridgehead atoms. The number of aromatic nitrogens is 2. The molecule has 0 saturated carbocycles. The number of nitrogens with zero attached hydrogens (tertiary/aromatic N) is 2. The smallest absolute Gasteiger partial charge is 0.359 e. The minimum Gasteiger partial charge on any atom is -0.497 e. The van der Waals surface area contributed by atoms with Gasteiger partial charge in [0, 0.05) is 6.20 Å². The monoisotopic (exact) mass is 356 g/mol. The van der Waals surface area contributed by atoms with Gasteiger partial charge in [-0.1, -0.05) is 12.1 Å². The molecule has 0 spiro atoms. The van der Waals surface area contributed by atoms with Gasteiger partial charge in [0.25, 0.3) is 0 Å². The van der Waals surface area contributed by atoms with E-state index in [0.717, 1.165) is 5.56 Å². The fourth-order valence-electron chi connectivity index (χ4n) is 2.20. The fraction of sp³-hybridized carbons (Fsp3) is 0.158. The van der Waals surface area contributed by atoms with Crippen molar-refractivity contribution in [2.75, 3.05) is 7.11 Å². The van der Waals surface area contributed by atoms with Crippen LogP contribution in [0.1, 0.15) is 16.1 Å². The molecule has 0 saturated heterocycles. The molecule has 26 heavy (non-hydrogen) atoms. The summed E-state index contributed by atoms with van der Waals surface area (Å²) in [5, 5.41) is 4.11. The van der Waals surface area contributed by atoms with Crippen molar-refractivity contribution in [3.63, 3.8) is 0 Å². The molecule has 2 aromatic carbocycles. The molecular formula is C19H17FN2O4. The third-order valence-electron chi connectivity index (χ3n) is 3.53. The zero-order valence-corrected chi connectivity index (χ0v) is 14.1. The topological polar surface area (TPSA) is 62.6 Å². The Morgan fingerprint density at radius 1 is 1.12 bits per heavy atom. The van der Waals surface area contributed by atoms with Crippen molar-refractivity contribution in [2.45, 2.75) is 13.3 Å². The number of hydrogen-bond acceptors (Lipinski definition) is 5. The van der Waals surface area contributed by atoms with Gasteiger partial charge in [-0.3, -0.25) is 0 Å². The van der Waals surface area contributed by atoms with Gasteiger partial charge in [-0.05, 0) is 48.0 Å². The lowest BCUT2D eigenvalue weighted by Crippen LogP contribution is -2.10. The highest BCUT2D eigenvalue weighted by Gasteiger charge is 2.12. The van der Waals surface area contributed by atoms with E-state index in [4.69, 9.17) is 14.2 Å². The molecule has 134 valence electrons. The molecule has 0 amide bonds. The maximum atomic E-state index is 12.8. The van der Waals surface area contributed by atoms with E-state index in [-0.39, 0.29) is 24.8 Å². The lowest BCUT2D eigenvalue weighted by atomic mass is 10.2. The van der Waals surface area contributed by atoms with Crippen LogP contribution >= 0.6 is 0 Å². The number of ether oxygens (including phenoxy) is 3. The SMILES string of the molecule is COc1cccc(COC(=O)c2ccn(COc3ccc(F)cc3)n2)c1. The predicted octanol–water partition coefficient (Wildman–Crippen LogP) is 3.42. The summed E-state index contributed by atoms with van der Waals surface area (Å²) in [5.74, 6) is 0.329. The molecule has 0 fully saturated rings. The molecule has 0 N–H and O–H groups in total. The average molecular weight is 356 g/mol. The van der Waals surface area contributed by atoms with Gasteiger partial charge >= 0.3 is 5.97 Å². The van der Waals surface area contributed by atoms with Gasteiger partial charge in [0.05, 0.1) is 7.11 Å². The standard InChI is InChI=1S/C19H17FN2O4/c1-24-17-4-2-3-14(11-17)12-25-19(23)18-9-10-22(21-18)13-26-16-7-5-15(20)6-8-16/h2-11H,12-13H2,1H3. The summed E-state index contributed by atoms with van der Waals surface area (Å²) in [6, 6.07) is 14.5. The summed E-state index contributed by atoms with van der Waals surface area (Å²) < 4.78 is 30.1. The fourth-order valence-corrected chi connectivity index (χ4v) is 2.20. The number of methoxy groups -OCH3 is 1. The van der Waals surface area contributed by atoms with E-state index in [2.05, 4.69) is 5.10 Å². The van der Waals surface area contributed by atoms with Gasteiger partial charge in [0.1, 0.15) is 23.9 Å². The van der Waals surface area contributed by atoms with E-state index < -0.39 is 5.97 Å². The zero-order valence-electron chi connectivity index (χ0n) is 14.1. The van der Waals surface area contributed by atoms with Crippen LogP contribution < -0.4 is 9.47 Å². The van der Waals surface area contributed by atoms with Gasteiger partial charge in [-0.25, -0.2) is 13.9 Å². The molecular weight excluding hydrogens is 339 g/mol. The first kappa shape index (κ1) is 17.5. The molecule has 3 aromatic rings. The number of rotatable bonds is 7. The molecule has 0 unspecified atom stereocenters. The molecule has 7 heteroatoms. The normalized spacial score (nSPS) is 10.4. The van der Waals surface area contributed by atoms with Crippen molar-refractivity contribution >= 4 is 5.97 Å². The highest BCUT2D eigenvalue weighted by Crippen LogP contribution is 2.14. The Kier molecular flexibility index (Phi) is 5.48. The van der Waals surface area contributed by atoms with E-state index in [0.29, 0.717) is 11.5 Å². The van der Waals surface area contributed by atoms with Gasteiger partial charge in [-0.2, -0.15) is 5.10 Å². The molecule has 1 heterocycles. The number of hydrogen-bond donors (Lipinski definition) is 0. The molecule has 0 aliphatic rings. The molecule has 0 radical (unpaired) electrons. The second-order valence-corrected chi connectivity index (χ2v) is 5.40. The summed E-state index contributed by atoms with van der Waals surface area (Å²) in [6.45, 7) is 0.212. The maximum Gasteiger partial charge on any atom is 0.359 e. The van der Waals surface area contributed by atoms with Gasteiger partial charge in [-0.15, -0.1) is 0 Å². The maximum absolute atomic E-state index is 12.8. The van der Waals surface area contributed by atoms with Gasteiger partial charge in [0.15, 0.2) is 12.4 Å². The quantitative estimate of drug-likeness (QED) is 0.607. The lowest BCUT2D eigenvalue weighted by molar-refractivity contribution is 0.0463. The Morgan fingerprint density at radius 3 is 2.69 bits per heavy atom.